The Morgan fingerprint density at radius 3 is 2.75 bits per heavy atom. The number of carbonyl (C=O) groups is 1. The van der Waals surface area contributed by atoms with Crippen molar-refractivity contribution in [3.63, 3.8) is 0 Å². The molecule has 0 saturated carbocycles. The van der Waals surface area contributed by atoms with Gasteiger partial charge in [0.05, 0.1) is 22.0 Å². The molecular formula is C15H15ClN2OS. The van der Waals surface area contributed by atoms with Crippen LogP contribution in [0.2, 0.25) is 5.02 Å². The van der Waals surface area contributed by atoms with Gasteiger partial charge >= 0.3 is 0 Å². The molecule has 0 unspecified atom stereocenters. The van der Waals surface area contributed by atoms with Gasteiger partial charge in [0.1, 0.15) is 0 Å². The third-order valence-corrected chi connectivity index (χ3v) is 4.09. The lowest BCUT2D eigenvalue weighted by molar-refractivity contribution is 0.102. The summed E-state index contributed by atoms with van der Waals surface area (Å²) in [7, 11) is 0. The topological polar surface area (TPSA) is 55.1 Å². The van der Waals surface area contributed by atoms with E-state index in [0.29, 0.717) is 11.3 Å². The monoisotopic (exact) mass is 306 g/mol. The molecule has 0 heterocycles. The summed E-state index contributed by atoms with van der Waals surface area (Å²) >= 11 is 7.74. The Kier molecular flexibility index (Phi) is 4.93. The lowest BCUT2D eigenvalue weighted by Gasteiger charge is -2.11. The van der Waals surface area contributed by atoms with Gasteiger partial charge in [0.15, 0.2) is 0 Å². The molecule has 3 nitrogen and oxygen atoms in total. The molecule has 1 amide bonds. The maximum absolute atomic E-state index is 12.3. The maximum Gasteiger partial charge on any atom is 0.257 e. The molecule has 0 aliphatic rings. The average Bonchev–Trinajstić information content (AvgIpc) is 2.44. The van der Waals surface area contributed by atoms with Crippen LogP contribution in [0, 0.1) is 0 Å². The van der Waals surface area contributed by atoms with Crippen molar-refractivity contribution in [1.29, 1.82) is 0 Å². The highest BCUT2D eigenvalue weighted by Crippen LogP contribution is 2.28. The summed E-state index contributed by atoms with van der Waals surface area (Å²) in [6.07, 6.45) is 0. The number of hydrogen-bond acceptors (Lipinski definition) is 3. The van der Waals surface area contributed by atoms with Crippen molar-refractivity contribution in [1.82, 2.24) is 0 Å². The van der Waals surface area contributed by atoms with Gasteiger partial charge in [-0.3, -0.25) is 4.79 Å². The number of anilines is 2. The number of para-hydroxylation sites is 1. The number of nitrogens with one attached hydrogen (secondary N) is 1. The lowest BCUT2D eigenvalue weighted by Crippen LogP contribution is -2.13. The average molecular weight is 307 g/mol. The third-order valence-electron chi connectivity index (χ3n) is 2.71. The van der Waals surface area contributed by atoms with Crippen molar-refractivity contribution in [2.45, 2.75) is 11.8 Å². The first-order valence-corrected chi connectivity index (χ1v) is 7.57. The molecule has 20 heavy (non-hydrogen) atoms. The fourth-order valence-electron chi connectivity index (χ4n) is 1.77. The molecule has 2 aromatic carbocycles. The van der Waals surface area contributed by atoms with Gasteiger partial charge in [-0.15, -0.1) is 11.8 Å². The van der Waals surface area contributed by atoms with Crippen LogP contribution < -0.4 is 11.1 Å². The number of thioether (sulfide) groups is 1. The van der Waals surface area contributed by atoms with Gasteiger partial charge in [0, 0.05) is 4.90 Å². The lowest BCUT2D eigenvalue weighted by atomic mass is 10.2. The quantitative estimate of drug-likeness (QED) is 0.654. The van der Waals surface area contributed by atoms with E-state index < -0.39 is 0 Å². The van der Waals surface area contributed by atoms with Gasteiger partial charge in [-0.2, -0.15) is 0 Å². The number of carbonyl (C=O) groups excluding carboxylic acids is 1. The summed E-state index contributed by atoms with van der Waals surface area (Å²) in [5.41, 5.74) is 7.27. The van der Waals surface area contributed by atoms with E-state index in [2.05, 4.69) is 12.2 Å². The van der Waals surface area contributed by atoms with Crippen LogP contribution in [0.3, 0.4) is 0 Å². The summed E-state index contributed by atoms with van der Waals surface area (Å²) in [6, 6.07) is 12.7. The Morgan fingerprint density at radius 1 is 1.25 bits per heavy atom. The van der Waals surface area contributed by atoms with Gasteiger partial charge in [-0.1, -0.05) is 36.7 Å². The van der Waals surface area contributed by atoms with E-state index in [1.165, 1.54) is 0 Å². The molecule has 0 fully saturated rings. The van der Waals surface area contributed by atoms with E-state index in [9.17, 15) is 4.79 Å². The number of hydrogen-bond donors (Lipinski definition) is 2. The molecule has 0 atom stereocenters. The highest BCUT2D eigenvalue weighted by molar-refractivity contribution is 7.99. The smallest absolute Gasteiger partial charge is 0.257 e. The summed E-state index contributed by atoms with van der Waals surface area (Å²) in [5, 5.41) is 3.16. The number of nitrogens with two attached hydrogens (primary N) is 1. The normalized spacial score (nSPS) is 10.3. The highest BCUT2D eigenvalue weighted by Gasteiger charge is 2.13. The second kappa shape index (κ2) is 6.68. The molecule has 3 N–H and O–H groups in total. The maximum atomic E-state index is 12.3. The Hall–Kier alpha value is -1.65. The number of nitrogen functional groups attached to an aromatic ring is 1. The van der Waals surface area contributed by atoms with Crippen LogP contribution in [-0.2, 0) is 0 Å². The minimum atomic E-state index is -0.258. The molecule has 0 bridgehead atoms. The molecule has 0 aromatic heterocycles. The number of halogens is 1. The predicted octanol–water partition coefficient (Wildman–Crippen LogP) is 4.29. The second-order valence-electron chi connectivity index (χ2n) is 4.09. The Labute approximate surface area is 127 Å². The SMILES string of the molecule is CCSc1ccccc1NC(=O)c1cccc(N)c1Cl. The van der Waals surface area contributed by atoms with E-state index in [1.54, 1.807) is 30.0 Å². The zero-order chi connectivity index (χ0) is 14.5. The van der Waals surface area contributed by atoms with E-state index in [4.69, 9.17) is 17.3 Å². The van der Waals surface area contributed by atoms with E-state index >= 15 is 0 Å². The first-order valence-electron chi connectivity index (χ1n) is 6.20. The predicted molar refractivity (Wildman–Crippen MR) is 86.7 cm³/mol. The van der Waals surface area contributed by atoms with Crippen molar-refractivity contribution < 1.29 is 4.79 Å². The summed E-state index contributed by atoms with van der Waals surface area (Å²) in [6.45, 7) is 2.07. The van der Waals surface area contributed by atoms with Crippen LogP contribution in [0.4, 0.5) is 11.4 Å². The molecule has 5 heteroatoms. The molecule has 0 radical (unpaired) electrons. The van der Waals surface area contributed by atoms with Crippen molar-refractivity contribution in [3.05, 3.63) is 53.1 Å². The van der Waals surface area contributed by atoms with Gasteiger partial charge in [0.25, 0.3) is 5.91 Å². The van der Waals surface area contributed by atoms with Crippen LogP contribution >= 0.6 is 23.4 Å². The standard InChI is InChI=1S/C15H15ClN2OS/c1-2-20-13-9-4-3-8-12(13)18-15(19)10-6-5-7-11(17)14(10)16/h3-9H,2,17H2,1H3,(H,18,19). The zero-order valence-electron chi connectivity index (χ0n) is 11.0. The highest BCUT2D eigenvalue weighted by atomic mass is 35.5. The molecule has 0 spiro atoms. The zero-order valence-corrected chi connectivity index (χ0v) is 12.6. The van der Waals surface area contributed by atoms with Gasteiger partial charge in [-0.25, -0.2) is 0 Å². The number of amides is 1. The van der Waals surface area contributed by atoms with E-state index in [0.717, 1.165) is 16.3 Å². The van der Waals surface area contributed by atoms with Gasteiger partial charge in [-0.05, 0) is 30.0 Å². The largest absolute Gasteiger partial charge is 0.398 e. The van der Waals surface area contributed by atoms with Gasteiger partial charge < -0.3 is 11.1 Å². The Balaban J connectivity index is 2.26. The van der Waals surface area contributed by atoms with Crippen LogP contribution in [-0.4, -0.2) is 11.7 Å². The third kappa shape index (κ3) is 3.26. The van der Waals surface area contributed by atoms with Crippen molar-refractivity contribution >= 4 is 40.6 Å². The van der Waals surface area contributed by atoms with Crippen LogP contribution in [0.5, 0.6) is 0 Å². The molecule has 0 saturated heterocycles. The molecule has 2 aromatic rings. The number of rotatable bonds is 4. The van der Waals surface area contributed by atoms with Crippen LogP contribution in [0.15, 0.2) is 47.4 Å². The summed E-state index contributed by atoms with van der Waals surface area (Å²) in [5.74, 6) is 0.679. The van der Waals surface area contributed by atoms with Gasteiger partial charge in [0.2, 0.25) is 0 Å². The summed E-state index contributed by atoms with van der Waals surface area (Å²) < 4.78 is 0. The van der Waals surface area contributed by atoms with E-state index in [1.807, 2.05) is 24.3 Å². The number of benzene rings is 2. The Bertz CT molecular complexity index is 631. The molecule has 2 rings (SSSR count). The molecular weight excluding hydrogens is 292 g/mol. The second-order valence-corrected chi connectivity index (χ2v) is 5.78. The summed E-state index contributed by atoms with van der Waals surface area (Å²) in [4.78, 5) is 13.3. The minimum Gasteiger partial charge on any atom is -0.398 e. The van der Waals surface area contributed by atoms with Crippen LogP contribution in [0.1, 0.15) is 17.3 Å². The molecule has 0 aliphatic heterocycles. The van der Waals surface area contributed by atoms with Crippen LogP contribution in [0.25, 0.3) is 0 Å². The fourth-order valence-corrected chi connectivity index (χ4v) is 2.74. The first kappa shape index (κ1) is 14.8. The van der Waals surface area contributed by atoms with Crippen molar-refractivity contribution in [3.8, 4) is 0 Å². The first-order chi connectivity index (χ1) is 9.63. The molecule has 104 valence electrons. The fraction of sp³-hybridized carbons (Fsp3) is 0.133. The van der Waals surface area contributed by atoms with Crippen molar-refractivity contribution in [2.75, 3.05) is 16.8 Å². The molecule has 0 aliphatic carbocycles. The Morgan fingerprint density at radius 2 is 2.00 bits per heavy atom. The van der Waals surface area contributed by atoms with Crippen molar-refractivity contribution in [2.24, 2.45) is 0 Å². The van der Waals surface area contributed by atoms with E-state index in [-0.39, 0.29) is 10.9 Å². The minimum absolute atomic E-state index is 0.258.